The molecule has 1 atom stereocenters. The van der Waals surface area contributed by atoms with E-state index in [1.807, 2.05) is 0 Å². The largest absolute Gasteiger partial charge is 0.304 e. The first-order valence-electron chi connectivity index (χ1n) is 8.41. The molecule has 1 aliphatic heterocycles. The van der Waals surface area contributed by atoms with Crippen molar-refractivity contribution in [2.45, 2.75) is 39.7 Å². The van der Waals surface area contributed by atoms with Crippen molar-refractivity contribution in [1.29, 1.82) is 0 Å². The lowest BCUT2D eigenvalue weighted by Crippen LogP contribution is -2.55. The Bertz CT molecular complexity index is 406. The van der Waals surface area contributed by atoms with Gasteiger partial charge in [0.2, 0.25) is 0 Å². The van der Waals surface area contributed by atoms with E-state index in [1.165, 1.54) is 4.31 Å². The van der Waals surface area contributed by atoms with Crippen LogP contribution >= 0.6 is 0 Å². The lowest BCUT2D eigenvalue weighted by molar-refractivity contribution is 0.0903. The summed E-state index contributed by atoms with van der Waals surface area (Å²) in [7, 11) is 0.419. The normalized spacial score (nSPS) is 20.0. The lowest BCUT2D eigenvalue weighted by Gasteiger charge is -2.40. The molecule has 1 aliphatic rings. The van der Waals surface area contributed by atoms with Crippen molar-refractivity contribution in [1.82, 2.24) is 18.8 Å². The van der Waals surface area contributed by atoms with E-state index < -0.39 is 10.2 Å². The predicted octanol–water partition coefficient (Wildman–Crippen LogP) is 0.825. The van der Waals surface area contributed by atoms with Crippen LogP contribution in [0.1, 0.15) is 33.6 Å². The summed E-state index contributed by atoms with van der Waals surface area (Å²) in [5.41, 5.74) is 0. The van der Waals surface area contributed by atoms with Crippen molar-refractivity contribution in [3.8, 4) is 0 Å². The van der Waals surface area contributed by atoms with Crippen LogP contribution in [0.2, 0.25) is 0 Å². The van der Waals surface area contributed by atoms with Gasteiger partial charge in [0.15, 0.2) is 0 Å². The van der Waals surface area contributed by atoms with E-state index in [0.29, 0.717) is 19.0 Å². The number of nitrogens with one attached hydrogen (secondary N) is 1. The highest BCUT2D eigenvalue weighted by Gasteiger charge is 2.27. The highest BCUT2D eigenvalue weighted by Crippen LogP contribution is 2.13. The van der Waals surface area contributed by atoms with Gasteiger partial charge in [0, 0.05) is 52.4 Å². The third-order valence-corrected chi connectivity index (χ3v) is 6.02. The summed E-state index contributed by atoms with van der Waals surface area (Å²) in [4.78, 5) is 4.73. The van der Waals surface area contributed by atoms with Gasteiger partial charge in [0.05, 0.1) is 0 Å². The van der Waals surface area contributed by atoms with Gasteiger partial charge in [-0.1, -0.05) is 27.2 Å². The van der Waals surface area contributed by atoms with E-state index in [2.05, 4.69) is 42.3 Å². The second kappa shape index (κ2) is 9.17. The molecule has 0 aromatic carbocycles. The Balaban J connectivity index is 2.57. The zero-order valence-electron chi connectivity index (χ0n) is 14.9. The zero-order chi connectivity index (χ0) is 16.8. The second-order valence-electron chi connectivity index (χ2n) is 6.68. The van der Waals surface area contributed by atoms with Gasteiger partial charge in [-0.3, -0.25) is 4.90 Å². The van der Waals surface area contributed by atoms with Crippen LogP contribution in [0, 0.1) is 5.92 Å². The number of hydrogen-bond acceptors (Lipinski definition) is 4. The Hall–Kier alpha value is -0.210. The number of piperazine rings is 1. The Kier molecular flexibility index (Phi) is 8.27. The van der Waals surface area contributed by atoms with Gasteiger partial charge >= 0.3 is 0 Å². The summed E-state index contributed by atoms with van der Waals surface area (Å²) in [6, 6.07) is 0.253. The number of nitrogens with zero attached hydrogens (tertiary/aromatic N) is 3. The van der Waals surface area contributed by atoms with Crippen molar-refractivity contribution in [2.24, 2.45) is 5.92 Å². The molecular formula is C15H34N4O2S. The Morgan fingerprint density at radius 3 is 2.27 bits per heavy atom. The molecule has 1 unspecified atom stereocenters. The van der Waals surface area contributed by atoms with Crippen LogP contribution in [0.3, 0.4) is 0 Å². The van der Waals surface area contributed by atoms with E-state index in [4.69, 9.17) is 0 Å². The van der Waals surface area contributed by atoms with Crippen molar-refractivity contribution in [3.05, 3.63) is 0 Å². The molecule has 0 spiro atoms. The monoisotopic (exact) mass is 334 g/mol. The number of hydrogen-bond donors (Lipinski definition) is 1. The van der Waals surface area contributed by atoms with Crippen molar-refractivity contribution in [2.75, 3.05) is 53.4 Å². The fourth-order valence-corrected chi connectivity index (χ4v) is 3.71. The molecular weight excluding hydrogens is 300 g/mol. The average molecular weight is 335 g/mol. The minimum absolute atomic E-state index is 0.253. The minimum atomic E-state index is -3.36. The molecule has 0 radical (unpaired) electrons. The topological polar surface area (TPSA) is 55.9 Å². The number of likely N-dealkylation sites (N-methyl/N-ethyl adjacent to an activating group) is 1. The summed E-state index contributed by atoms with van der Waals surface area (Å²) >= 11 is 0. The van der Waals surface area contributed by atoms with Crippen LogP contribution in [0.25, 0.3) is 0 Å². The molecule has 0 aliphatic carbocycles. The van der Waals surface area contributed by atoms with Crippen molar-refractivity contribution >= 4 is 10.2 Å². The summed E-state index contributed by atoms with van der Waals surface area (Å²) in [6.07, 6.45) is 1.89. The summed E-state index contributed by atoms with van der Waals surface area (Å²) in [6.45, 7) is 11.6. The maximum atomic E-state index is 12.3. The van der Waals surface area contributed by atoms with Gasteiger partial charge in [-0.05, 0) is 19.4 Å². The van der Waals surface area contributed by atoms with Crippen LogP contribution in [0.4, 0.5) is 0 Å². The molecule has 1 N–H and O–H groups in total. The molecule has 132 valence electrons. The van der Waals surface area contributed by atoms with E-state index in [9.17, 15) is 8.42 Å². The van der Waals surface area contributed by atoms with Crippen LogP contribution < -0.4 is 4.72 Å². The lowest BCUT2D eigenvalue weighted by atomic mass is 10.0. The van der Waals surface area contributed by atoms with E-state index in [0.717, 1.165) is 39.0 Å². The van der Waals surface area contributed by atoms with Gasteiger partial charge in [0.25, 0.3) is 10.2 Å². The molecule has 1 rings (SSSR count). The summed E-state index contributed by atoms with van der Waals surface area (Å²) < 4.78 is 28.8. The molecule has 22 heavy (non-hydrogen) atoms. The Morgan fingerprint density at radius 1 is 1.18 bits per heavy atom. The summed E-state index contributed by atoms with van der Waals surface area (Å²) in [5.74, 6) is 0.423. The van der Waals surface area contributed by atoms with Crippen LogP contribution in [0.15, 0.2) is 0 Å². The second-order valence-corrected chi connectivity index (χ2v) is 8.54. The van der Waals surface area contributed by atoms with Gasteiger partial charge in [-0.25, -0.2) is 4.72 Å². The highest BCUT2D eigenvalue weighted by molar-refractivity contribution is 7.87. The predicted molar refractivity (Wildman–Crippen MR) is 92.2 cm³/mol. The molecule has 0 bridgehead atoms. The smallest absolute Gasteiger partial charge is 0.279 e. The quantitative estimate of drug-likeness (QED) is 0.678. The third kappa shape index (κ3) is 6.12. The molecule has 1 saturated heterocycles. The van der Waals surface area contributed by atoms with E-state index in [-0.39, 0.29) is 6.04 Å². The van der Waals surface area contributed by atoms with E-state index >= 15 is 0 Å². The summed E-state index contributed by atoms with van der Waals surface area (Å²) in [5, 5.41) is 0. The molecule has 0 aromatic rings. The minimum Gasteiger partial charge on any atom is -0.304 e. The molecule has 1 fully saturated rings. The van der Waals surface area contributed by atoms with E-state index in [1.54, 1.807) is 7.05 Å². The zero-order valence-corrected chi connectivity index (χ0v) is 15.7. The number of rotatable bonds is 9. The maximum Gasteiger partial charge on any atom is 0.279 e. The standard InChI is InChI=1S/C15H34N4O2S/c1-6-7-8-18(5)22(20,21)16-13-15(14(2)3)19-11-9-17(4)10-12-19/h14-16H,6-13H2,1-5H3. The molecule has 7 heteroatoms. The SMILES string of the molecule is CCCCN(C)S(=O)(=O)NCC(C(C)C)N1CCN(C)CC1. The first kappa shape index (κ1) is 19.8. The maximum absolute atomic E-state index is 12.3. The van der Waals surface area contributed by atoms with Gasteiger partial charge < -0.3 is 4.90 Å². The molecule has 6 nitrogen and oxygen atoms in total. The van der Waals surface area contributed by atoms with Crippen LogP contribution in [-0.2, 0) is 10.2 Å². The van der Waals surface area contributed by atoms with Crippen LogP contribution in [-0.4, -0.2) is 81.9 Å². The molecule has 0 amide bonds. The average Bonchev–Trinajstić information content (AvgIpc) is 2.46. The molecule has 0 saturated carbocycles. The van der Waals surface area contributed by atoms with Crippen molar-refractivity contribution in [3.63, 3.8) is 0 Å². The Labute approximate surface area is 137 Å². The van der Waals surface area contributed by atoms with Crippen molar-refractivity contribution < 1.29 is 8.42 Å². The third-order valence-electron chi connectivity index (χ3n) is 4.49. The number of unbranched alkanes of at least 4 members (excludes halogenated alkanes) is 1. The fraction of sp³-hybridized carbons (Fsp3) is 1.00. The van der Waals surface area contributed by atoms with Gasteiger partial charge in [0.1, 0.15) is 0 Å². The van der Waals surface area contributed by atoms with Gasteiger partial charge in [-0.2, -0.15) is 12.7 Å². The van der Waals surface area contributed by atoms with Crippen LogP contribution in [0.5, 0.6) is 0 Å². The molecule has 1 heterocycles. The van der Waals surface area contributed by atoms with Gasteiger partial charge in [-0.15, -0.1) is 0 Å². The molecule has 0 aromatic heterocycles. The Morgan fingerprint density at radius 2 is 1.77 bits per heavy atom. The fourth-order valence-electron chi connectivity index (χ4n) is 2.74. The highest BCUT2D eigenvalue weighted by atomic mass is 32.2. The first-order valence-corrected chi connectivity index (χ1v) is 9.85. The first-order chi connectivity index (χ1) is 10.3.